The van der Waals surface area contributed by atoms with Gasteiger partial charge < -0.3 is 10.3 Å². The number of rotatable bonds is 4. The molecule has 0 saturated heterocycles. The zero-order valence-electron chi connectivity index (χ0n) is 11.2. The average molecular weight is 268 g/mol. The quantitative estimate of drug-likeness (QED) is 0.679. The number of aryl methyl sites for hydroxylation is 1. The molecular formula is C15H16N4O. The van der Waals surface area contributed by atoms with Gasteiger partial charge in [-0.25, -0.2) is 0 Å². The van der Waals surface area contributed by atoms with Gasteiger partial charge in [-0.15, -0.1) is 0 Å². The Morgan fingerprint density at radius 2 is 2.20 bits per heavy atom. The van der Waals surface area contributed by atoms with Crippen LogP contribution in [0.1, 0.15) is 28.7 Å². The van der Waals surface area contributed by atoms with Gasteiger partial charge in [0.2, 0.25) is 0 Å². The number of fused-ring (bicyclic) bond motifs is 1. The summed E-state index contributed by atoms with van der Waals surface area (Å²) in [6, 6.07) is 9.88. The Morgan fingerprint density at radius 3 is 3.00 bits per heavy atom. The zero-order valence-corrected chi connectivity index (χ0v) is 11.2. The lowest BCUT2D eigenvalue weighted by Crippen LogP contribution is -2.23. The monoisotopic (exact) mass is 268 g/mol. The molecule has 0 unspecified atom stereocenters. The van der Waals surface area contributed by atoms with E-state index < -0.39 is 0 Å². The topological polar surface area (TPSA) is 73.6 Å². The first kappa shape index (κ1) is 12.5. The van der Waals surface area contributed by atoms with Crippen LogP contribution in [0.3, 0.4) is 0 Å². The van der Waals surface area contributed by atoms with Gasteiger partial charge in [0.05, 0.1) is 0 Å². The number of H-pyrrole nitrogens is 2. The van der Waals surface area contributed by atoms with E-state index in [1.807, 2.05) is 31.3 Å². The second kappa shape index (κ2) is 5.21. The molecule has 0 aliphatic rings. The van der Waals surface area contributed by atoms with E-state index in [9.17, 15) is 4.79 Å². The maximum Gasteiger partial charge on any atom is 0.272 e. The maximum atomic E-state index is 12.0. The number of nitrogens with one attached hydrogen (secondary N) is 3. The van der Waals surface area contributed by atoms with Gasteiger partial charge in [-0.3, -0.25) is 9.89 Å². The fourth-order valence-electron chi connectivity index (χ4n) is 2.14. The van der Waals surface area contributed by atoms with E-state index in [1.165, 1.54) is 0 Å². The standard InChI is InChI=1S/C15H16N4O/c1-2-12-8-14(19-18-12)15(20)17-9-10-3-4-13-11(7-10)5-6-16-13/h3-8,16H,2,9H2,1H3,(H,17,20)(H,18,19). The van der Waals surface area contributed by atoms with Crippen molar-refractivity contribution >= 4 is 16.8 Å². The molecule has 0 aliphatic heterocycles. The van der Waals surface area contributed by atoms with Crippen molar-refractivity contribution in [2.24, 2.45) is 0 Å². The highest BCUT2D eigenvalue weighted by molar-refractivity contribution is 5.92. The Hall–Kier alpha value is -2.56. The van der Waals surface area contributed by atoms with Crippen molar-refractivity contribution in [1.82, 2.24) is 20.5 Å². The van der Waals surface area contributed by atoms with Crippen LogP contribution in [0, 0.1) is 0 Å². The molecule has 3 rings (SSSR count). The second-order valence-corrected chi connectivity index (χ2v) is 4.71. The Morgan fingerprint density at radius 1 is 1.30 bits per heavy atom. The molecule has 0 spiro atoms. The van der Waals surface area contributed by atoms with Crippen molar-refractivity contribution in [3.05, 3.63) is 53.5 Å². The molecule has 0 aliphatic carbocycles. The first-order valence-electron chi connectivity index (χ1n) is 6.65. The Bertz CT molecular complexity index is 741. The van der Waals surface area contributed by atoms with Gasteiger partial charge in [0, 0.05) is 24.0 Å². The van der Waals surface area contributed by atoms with Gasteiger partial charge in [-0.2, -0.15) is 5.10 Å². The SMILES string of the molecule is CCc1cc(C(=O)NCc2ccc3[nH]ccc3c2)n[nH]1. The molecule has 3 N–H and O–H groups in total. The predicted octanol–water partition coefficient (Wildman–Crippen LogP) is 2.38. The first-order chi connectivity index (χ1) is 9.76. The predicted molar refractivity (Wildman–Crippen MR) is 77.4 cm³/mol. The molecule has 0 fully saturated rings. The lowest BCUT2D eigenvalue weighted by atomic mass is 10.1. The summed E-state index contributed by atoms with van der Waals surface area (Å²) in [5, 5.41) is 10.9. The van der Waals surface area contributed by atoms with Crippen molar-refractivity contribution in [3.8, 4) is 0 Å². The zero-order chi connectivity index (χ0) is 13.9. The van der Waals surface area contributed by atoms with Crippen molar-refractivity contribution in [2.45, 2.75) is 19.9 Å². The highest BCUT2D eigenvalue weighted by atomic mass is 16.1. The van der Waals surface area contributed by atoms with Gasteiger partial charge in [0.1, 0.15) is 5.69 Å². The minimum atomic E-state index is -0.157. The van der Waals surface area contributed by atoms with Crippen LogP contribution < -0.4 is 5.32 Å². The molecule has 2 aromatic heterocycles. The van der Waals surface area contributed by atoms with E-state index in [-0.39, 0.29) is 5.91 Å². The summed E-state index contributed by atoms with van der Waals surface area (Å²) in [4.78, 5) is 15.1. The molecule has 1 aromatic carbocycles. The number of aromatic nitrogens is 3. The largest absolute Gasteiger partial charge is 0.361 e. The van der Waals surface area contributed by atoms with Crippen LogP contribution in [0.4, 0.5) is 0 Å². The smallest absolute Gasteiger partial charge is 0.272 e. The van der Waals surface area contributed by atoms with Crippen LogP contribution in [0.25, 0.3) is 10.9 Å². The lowest BCUT2D eigenvalue weighted by Gasteiger charge is -2.03. The van der Waals surface area contributed by atoms with Crippen LogP contribution >= 0.6 is 0 Å². The molecule has 1 amide bonds. The number of benzene rings is 1. The van der Waals surface area contributed by atoms with Crippen LogP contribution in [0.2, 0.25) is 0 Å². The molecule has 5 nitrogen and oxygen atoms in total. The number of amides is 1. The van der Waals surface area contributed by atoms with Gasteiger partial charge in [0.25, 0.3) is 5.91 Å². The minimum Gasteiger partial charge on any atom is -0.361 e. The molecule has 5 heteroatoms. The number of hydrogen-bond donors (Lipinski definition) is 3. The summed E-state index contributed by atoms with van der Waals surface area (Å²) in [5.41, 5.74) is 3.56. The van der Waals surface area contributed by atoms with E-state index in [2.05, 4.69) is 26.6 Å². The van der Waals surface area contributed by atoms with Crippen LogP contribution in [-0.4, -0.2) is 21.1 Å². The second-order valence-electron chi connectivity index (χ2n) is 4.71. The van der Waals surface area contributed by atoms with Crippen LogP contribution in [0.5, 0.6) is 0 Å². The maximum absolute atomic E-state index is 12.0. The third-order valence-electron chi connectivity index (χ3n) is 3.32. The molecule has 102 valence electrons. The highest BCUT2D eigenvalue weighted by Crippen LogP contribution is 2.14. The lowest BCUT2D eigenvalue weighted by molar-refractivity contribution is 0.0946. The summed E-state index contributed by atoms with van der Waals surface area (Å²) in [6.45, 7) is 2.51. The molecule has 3 aromatic rings. The summed E-state index contributed by atoms with van der Waals surface area (Å²) in [7, 11) is 0. The van der Waals surface area contributed by atoms with Crippen LogP contribution in [-0.2, 0) is 13.0 Å². The molecule has 2 heterocycles. The molecule has 0 atom stereocenters. The van der Waals surface area contributed by atoms with Crippen molar-refractivity contribution in [1.29, 1.82) is 0 Å². The van der Waals surface area contributed by atoms with Gasteiger partial charge in [0.15, 0.2) is 0 Å². The first-order valence-corrected chi connectivity index (χ1v) is 6.65. The Balaban J connectivity index is 1.67. The molecule has 0 radical (unpaired) electrons. The molecule has 20 heavy (non-hydrogen) atoms. The summed E-state index contributed by atoms with van der Waals surface area (Å²) in [6.07, 6.45) is 2.74. The van der Waals surface area contributed by atoms with Crippen molar-refractivity contribution in [3.63, 3.8) is 0 Å². The third kappa shape index (κ3) is 2.42. The number of aromatic amines is 2. The van der Waals surface area contributed by atoms with Gasteiger partial charge in [-0.05, 0) is 41.6 Å². The number of hydrogen-bond acceptors (Lipinski definition) is 2. The number of nitrogens with zero attached hydrogens (tertiary/aromatic N) is 1. The summed E-state index contributed by atoms with van der Waals surface area (Å²) < 4.78 is 0. The summed E-state index contributed by atoms with van der Waals surface area (Å²) in [5.74, 6) is -0.157. The molecule has 0 saturated carbocycles. The Kier molecular flexibility index (Phi) is 3.25. The summed E-state index contributed by atoms with van der Waals surface area (Å²) >= 11 is 0. The number of carbonyl (C=O) groups excluding carboxylic acids is 1. The third-order valence-corrected chi connectivity index (χ3v) is 3.32. The normalized spacial score (nSPS) is 10.8. The van der Waals surface area contributed by atoms with E-state index >= 15 is 0 Å². The Labute approximate surface area is 116 Å². The van der Waals surface area contributed by atoms with E-state index in [1.54, 1.807) is 6.07 Å². The van der Waals surface area contributed by atoms with Gasteiger partial charge in [-0.1, -0.05) is 13.0 Å². The van der Waals surface area contributed by atoms with Gasteiger partial charge >= 0.3 is 0 Å². The van der Waals surface area contributed by atoms with E-state index in [0.717, 1.165) is 28.6 Å². The highest BCUT2D eigenvalue weighted by Gasteiger charge is 2.09. The fourth-order valence-corrected chi connectivity index (χ4v) is 2.14. The number of carbonyl (C=O) groups is 1. The van der Waals surface area contributed by atoms with Crippen LogP contribution in [0.15, 0.2) is 36.5 Å². The van der Waals surface area contributed by atoms with E-state index in [0.29, 0.717) is 12.2 Å². The average Bonchev–Trinajstić information content (AvgIpc) is 3.12. The fraction of sp³-hybridized carbons (Fsp3) is 0.200. The minimum absolute atomic E-state index is 0.157. The molecular weight excluding hydrogens is 252 g/mol. The van der Waals surface area contributed by atoms with Crippen molar-refractivity contribution in [2.75, 3.05) is 0 Å². The van der Waals surface area contributed by atoms with Crippen molar-refractivity contribution < 1.29 is 4.79 Å². The van der Waals surface area contributed by atoms with E-state index in [4.69, 9.17) is 0 Å². The molecule has 0 bridgehead atoms.